The van der Waals surface area contributed by atoms with Crippen LogP contribution in [0.4, 0.5) is 10.5 Å². The Morgan fingerprint density at radius 1 is 1.20 bits per heavy atom. The van der Waals surface area contributed by atoms with Gasteiger partial charge in [0.15, 0.2) is 0 Å². The maximum atomic E-state index is 12.0. The van der Waals surface area contributed by atoms with Crippen molar-refractivity contribution in [1.29, 1.82) is 0 Å². The SMILES string of the molecule is COc1ccc(CNC(=O)Nc2ccc(-n3cnnn3)c(C)c2)cc1. The number of anilines is 1. The van der Waals surface area contributed by atoms with E-state index in [-0.39, 0.29) is 6.03 Å². The Hall–Kier alpha value is -3.42. The van der Waals surface area contributed by atoms with Gasteiger partial charge in [0.2, 0.25) is 0 Å². The van der Waals surface area contributed by atoms with E-state index in [0.717, 1.165) is 22.6 Å². The number of nitrogens with zero attached hydrogens (tertiary/aromatic N) is 4. The van der Waals surface area contributed by atoms with Crippen LogP contribution < -0.4 is 15.4 Å². The Labute approximate surface area is 144 Å². The van der Waals surface area contributed by atoms with E-state index in [2.05, 4.69) is 26.2 Å². The molecule has 0 radical (unpaired) electrons. The molecule has 0 saturated carbocycles. The van der Waals surface area contributed by atoms with Crippen LogP contribution >= 0.6 is 0 Å². The summed E-state index contributed by atoms with van der Waals surface area (Å²) in [7, 11) is 1.62. The first-order chi connectivity index (χ1) is 12.2. The Kier molecular flexibility index (Phi) is 4.89. The van der Waals surface area contributed by atoms with Gasteiger partial charge >= 0.3 is 6.03 Å². The van der Waals surface area contributed by atoms with Gasteiger partial charge in [-0.25, -0.2) is 9.48 Å². The van der Waals surface area contributed by atoms with Crippen molar-refractivity contribution in [1.82, 2.24) is 25.5 Å². The quantitative estimate of drug-likeness (QED) is 0.744. The van der Waals surface area contributed by atoms with Gasteiger partial charge in [-0.15, -0.1) is 5.10 Å². The molecule has 2 N–H and O–H groups in total. The largest absolute Gasteiger partial charge is 0.497 e. The zero-order chi connectivity index (χ0) is 17.6. The molecule has 3 rings (SSSR count). The molecule has 3 aromatic rings. The average Bonchev–Trinajstić information content (AvgIpc) is 3.15. The molecular formula is C17H18N6O2. The highest BCUT2D eigenvalue weighted by Crippen LogP contribution is 2.18. The normalized spacial score (nSPS) is 10.3. The number of ether oxygens (including phenoxy) is 1. The molecule has 0 unspecified atom stereocenters. The predicted octanol–water partition coefficient (Wildman–Crippen LogP) is 2.30. The number of carbonyl (C=O) groups excluding carboxylic acids is 1. The van der Waals surface area contributed by atoms with E-state index in [1.165, 1.54) is 6.33 Å². The number of aryl methyl sites for hydroxylation is 1. The maximum Gasteiger partial charge on any atom is 0.319 e. The number of hydrogen-bond acceptors (Lipinski definition) is 5. The van der Waals surface area contributed by atoms with Gasteiger partial charge in [-0.1, -0.05) is 12.1 Å². The zero-order valence-electron chi connectivity index (χ0n) is 13.9. The van der Waals surface area contributed by atoms with E-state index in [0.29, 0.717) is 12.2 Å². The van der Waals surface area contributed by atoms with Crippen molar-refractivity contribution in [2.24, 2.45) is 0 Å². The highest BCUT2D eigenvalue weighted by molar-refractivity contribution is 5.89. The summed E-state index contributed by atoms with van der Waals surface area (Å²) >= 11 is 0. The van der Waals surface area contributed by atoms with E-state index < -0.39 is 0 Å². The van der Waals surface area contributed by atoms with E-state index in [9.17, 15) is 4.79 Å². The third kappa shape index (κ3) is 4.11. The second kappa shape index (κ2) is 7.43. The van der Waals surface area contributed by atoms with Crippen molar-refractivity contribution >= 4 is 11.7 Å². The van der Waals surface area contributed by atoms with Gasteiger partial charge in [0, 0.05) is 12.2 Å². The minimum absolute atomic E-state index is 0.273. The summed E-state index contributed by atoms with van der Waals surface area (Å²) in [6, 6.07) is 12.8. The molecule has 0 spiro atoms. The van der Waals surface area contributed by atoms with Crippen molar-refractivity contribution < 1.29 is 9.53 Å². The molecular weight excluding hydrogens is 320 g/mol. The summed E-state index contributed by atoms with van der Waals surface area (Å²) < 4.78 is 6.68. The molecule has 1 aromatic heterocycles. The molecule has 0 bridgehead atoms. The molecule has 2 amide bonds. The summed E-state index contributed by atoms with van der Waals surface area (Å²) in [5, 5.41) is 16.7. The summed E-state index contributed by atoms with van der Waals surface area (Å²) in [5.41, 5.74) is 3.48. The highest BCUT2D eigenvalue weighted by Gasteiger charge is 2.06. The average molecular weight is 338 g/mol. The van der Waals surface area contributed by atoms with Crippen molar-refractivity contribution in [3.05, 3.63) is 59.9 Å². The lowest BCUT2D eigenvalue weighted by Gasteiger charge is -2.10. The summed E-state index contributed by atoms with van der Waals surface area (Å²) in [6.07, 6.45) is 1.52. The van der Waals surface area contributed by atoms with Crippen LogP contribution in [0, 0.1) is 6.92 Å². The van der Waals surface area contributed by atoms with Crippen LogP contribution in [-0.2, 0) is 6.54 Å². The molecule has 1 heterocycles. The van der Waals surface area contributed by atoms with Crippen LogP contribution in [0.3, 0.4) is 0 Å². The summed E-state index contributed by atoms with van der Waals surface area (Å²) in [6.45, 7) is 2.36. The molecule has 8 nitrogen and oxygen atoms in total. The number of carbonyl (C=O) groups is 1. The number of rotatable bonds is 5. The lowest BCUT2D eigenvalue weighted by atomic mass is 10.2. The van der Waals surface area contributed by atoms with Crippen molar-refractivity contribution in [2.45, 2.75) is 13.5 Å². The van der Waals surface area contributed by atoms with Gasteiger partial charge < -0.3 is 15.4 Å². The molecule has 0 saturated heterocycles. The summed E-state index contributed by atoms with van der Waals surface area (Å²) in [5.74, 6) is 0.784. The lowest BCUT2D eigenvalue weighted by Crippen LogP contribution is -2.28. The van der Waals surface area contributed by atoms with Gasteiger partial charge in [-0.05, 0) is 58.8 Å². The lowest BCUT2D eigenvalue weighted by molar-refractivity contribution is 0.251. The van der Waals surface area contributed by atoms with Gasteiger partial charge in [0.1, 0.15) is 12.1 Å². The molecule has 0 atom stereocenters. The number of tetrazole rings is 1. The van der Waals surface area contributed by atoms with Gasteiger partial charge in [0.05, 0.1) is 12.8 Å². The molecule has 2 aromatic carbocycles. The number of methoxy groups -OCH3 is 1. The number of hydrogen-bond donors (Lipinski definition) is 2. The van der Waals surface area contributed by atoms with Crippen LogP contribution in [0.5, 0.6) is 5.75 Å². The van der Waals surface area contributed by atoms with Gasteiger partial charge in [-0.3, -0.25) is 0 Å². The second-order valence-corrected chi connectivity index (χ2v) is 5.41. The van der Waals surface area contributed by atoms with Crippen molar-refractivity contribution in [2.75, 3.05) is 12.4 Å². The van der Waals surface area contributed by atoms with Gasteiger partial charge in [0.25, 0.3) is 0 Å². The monoisotopic (exact) mass is 338 g/mol. The smallest absolute Gasteiger partial charge is 0.319 e. The van der Waals surface area contributed by atoms with Crippen LogP contribution in [0.15, 0.2) is 48.8 Å². The summed E-state index contributed by atoms with van der Waals surface area (Å²) in [4.78, 5) is 12.0. The molecule has 0 aliphatic rings. The first-order valence-corrected chi connectivity index (χ1v) is 7.67. The predicted molar refractivity (Wildman–Crippen MR) is 92.7 cm³/mol. The van der Waals surface area contributed by atoms with Gasteiger partial charge in [-0.2, -0.15) is 0 Å². The number of amides is 2. The number of nitrogens with one attached hydrogen (secondary N) is 2. The minimum Gasteiger partial charge on any atom is -0.497 e. The van der Waals surface area contributed by atoms with Crippen LogP contribution in [0.25, 0.3) is 5.69 Å². The van der Waals surface area contributed by atoms with E-state index in [4.69, 9.17) is 4.74 Å². The van der Waals surface area contributed by atoms with E-state index in [1.807, 2.05) is 43.3 Å². The second-order valence-electron chi connectivity index (χ2n) is 5.41. The third-order valence-electron chi connectivity index (χ3n) is 3.66. The fourth-order valence-electron chi connectivity index (χ4n) is 2.36. The van der Waals surface area contributed by atoms with Crippen molar-refractivity contribution in [3.8, 4) is 11.4 Å². The first kappa shape index (κ1) is 16.4. The number of benzene rings is 2. The first-order valence-electron chi connectivity index (χ1n) is 7.67. The van der Waals surface area contributed by atoms with Crippen molar-refractivity contribution in [3.63, 3.8) is 0 Å². The van der Waals surface area contributed by atoms with E-state index in [1.54, 1.807) is 17.9 Å². The third-order valence-corrected chi connectivity index (χ3v) is 3.66. The molecule has 0 aliphatic heterocycles. The molecule has 25 heavy (non-hydrogen) atoms. The van der Waals surface area contributed by atoms with Crippen LogP contribution in [-0.4, -0.2) is 33.3 Å². The Bertz CT molecular complexity index is 846. The standard InChI is InChI=1S/C17H18N6O2/c1-12-9-14(5-8-16(12)23-11-19-21-22-23)20-17(24)18-10-13-3-6-15(25-2)7-4-13/h3-9,11H,10H2,1-2H3,(H2,18,20,24). The zero-order valence-corrected chi connectivity index (χ0v) is 13.9. The molecule has 0 aliphatic carbocycles. The number of urea groups is 1. The van der Waals surface area contributed by atoms with Crippen LogP contribution in [0.2, 0.25) is 0 Å². The highest BCUT2D eigenvalue weighted by atomic mass is 16.5. The molecule has 8 heteroatoms. The fraction of sp³-hybridized carbons (Fsp3) is 0.176. The number of aromatic nitrogens is 4. The topological polar surface area (TPSA) is 94.0 Å². The fourth-order valence-corrected chi connectivity index (χ4v) is 2.36. The maximum absolute atomic E-state index is 12.0. The molecule has 128 valence electrons. The Morgan fingerprint density at radius 3 is 2.64 bits per heavy atom. The van der Waals surface area contributed by atoms with Crippen LogP contribution in [0.1, 0.15) is 11.1 Å². The Balaban J connectivity index is 1.58. The Morgan fingerprint density at radius 2 is 2.00 bits per heavy atom. The van der Waals surface area contributed by atoms with E-state index >= 15 is 0 Å². The molecule has 0 fully saturated rings. The minimum atomic E-state index is -0.273.